The van der Waals surface area contributed by atoms with E-state index in [1.807, 2.05) is 6.07 Å². The molecule has 1 saturated heterocycles. The molecule has 1 N–H and O–H groups in total. The minimum Gasteiger partial charge on any atom is -0.377 e. The number of fused-ring (bicyclic) bond motifs is 1. The van der Waals surface area contributed by atoms with Crippen LogP contribution in [0.15, 0.2) is 36.7 Å². The molecule has 1 atom stereocenters. The van der Waals surface area contributed by atoms with Gasteiger partial charge in [0.25, 0.3) is 5.91 Å². The van der Waals surface area contributed by atoms with Crippen molar-refractivity contribution in [1.82, 2.24) is 9.71 Å². The summed E-state index contributed by atoms with van der Waals surface area (Å²) in [5, 5.41) is 1.46. The van der Waals surface area contributed by atoms with Gasteiger partial charge in [-0.15, -0.1) is 0 Å². The summed E-state index contributed by atoms with van der Waals surface area (Å²) < 4.78 is 32.0. The number of hydrogen-bond donors (Lipinski definition) is 1. The van der Waals surface area contributed by atoms with Crippen molar-refractivity contribution in [2.75, 3.05) is 12.4 Å². The van der Waals surface area contributed by atoms with Crippen LogP contribution in [0.2, 0.25) is 0 Å². The lowest BCUT2D eigenvalue weighted by Crippen LogP contribution is -2.38. The quantitative estimate of drug-likeness (QED) is 0.922. The van der Waals surface area contributed by atoms with Gasteiger partial charge in [0.1, 0.15) is 0 Å². The second-order valence-corrected chi connectivity index (χ2v) is 7.37. The fraction of sp³-hybridized carbons (Fsp3) is 0.375. The molecular formula is C16H18N2O4S. The summed E-state index contributed by atoms with van der Waals surface area (Å²) in [6.45, 7) is 0.574. The van der Waals surface area contributed by atoms with Gasteiger partial charge in [0.15, 0.2) is 0 Å². The van der Waals surface area contributed by atoms with Crippen LogP contribution in [-0.2, 0) is 14.8 Å². The number of amides is 1. The summed E-state index contributed by atoms with van der Waals surface area (Å²) in [4.78, 5) is 16.4. The predicted molar refractivity (Wildman–Crippen MR) is 86.6 cm³/mol. The Balaban J connectivity index is 1.77. The molecule has 1 fully saturated rings. The normalized spacial score (nSPS) is 18.7. The van der Waals surface area contributed by atoms with Gasteiger partial charge < -0.3 is 4.74 Å². The Hall–Kier alpha value is -1.99. The molecule has 2 heterocycles. The highest BCUT2D eigenvalue weighted by molar-refractivity contribution is 7.90. The maximum absolute atomic E-state index is 12.4. The SMILES string of the molecule is O=C(NS(=O)(=O)C[C@H]1CCCCO1)c1cccc2cnccc12. The number of carbonyl (C=O) groups is 1. The number of hydrogen-bond acceptors (Lipinski definition) is 5. The van der Waals surface area contributed by atoms with Gasteiger partial charge in [0.2, 0.25) is 10.0 Å². The Kier molecular flexibility index (Phi) is 4.58. The number of sulfonamides is 1. The largest absolute Gasteiger partial charge is 0.377 e. The van der Waals surface area contributed by atoms with Crippen molar-refractivity contribution in [3.05, 3.63) is 42.2 Å². The Morgan fingerprint density at radius 1 is 1.30 bits per heavy atom. The van der Waals surface area contributed by atoms with E-state index in [2.05, 4.69) is 9.71 Å². The molecule has 3 rings (SSSR count). The average molecular weight is 334 g/mol. The standard InChI is InChI=1S/C16H18N2O4S/c19-16(15-6-3-4-12-10-17-8-7-14(12)15)18-23(20,21)11-13-5-1-2-9-22-13/h3-4,6-8,10,13H,1-2,5,9,11H2,(H,18,19)/t13-/m1/s1. The third-order valence-corrected chi connectivity index (χ3v) is 5.16. The van der Waals surface area contributed by atoms with E-state index in [-0.39, 0.29) is 11.9 Å². The molecule has 0 aliphatic carbocycles. The molecule has 1 amide bonds. The van der Waals surface area contributed by atoms with Gasteiger partial charge in [0, 0.05) is 30.0 Å². The van der Waals surface area contributed by atoms with Gasteiger partial charge in [-0.1, -0.05) is 12.1 Å². The van der Waals surface area contributed by atoms with Crippen molar-refractivity contribution in [3.63, 3.8) is 0 Å². The first-order valence-electron chi connectivity index (χ1n) is 7.54. The second-order valence-electron chi connectivity index (χ2n) is 5.60. The van der Waals surface area contributed by atoms with Gasteiger partial charge >= 0.3 is 0 Å². The molecule has 1 aliphatic rings. The van der Waals surface area contributed by atoms with Gasteiger partial charge in [-0.3, -0.25) is 9.78 Å². The highest BCUT2D eigenvalue weighted by atomic mass is 32.2. The van der Waals surface area contributed by atoms with E-state index in [0.29, 0.717) is 24.0 Å². The van der Waals surface area contributed by atoms with E-state index in [1.54, 1.807) is 30.6 Å². The van der Waals surface area contributed by atoms with E-state index in [1.165, 1.54) is 0 Å². The van der Waals surface area contributed by atoms with E-state index in [4.69, 9.17) is 4.74 Å². The maximum atomic E-state index is 12.4. The molecule has 2 aromatic rings. The van der Waals surface area contributed by atoms with E-state index in [0.717, 1.165) is 18.2 Å². The summed E-state index contributed by atoms with van der Waals surface area (Å²) in [5.41, 5.74) is 0.318. The Bertz CT molecular complexity index is 808. The van der Waals surface area contributed by atoms with Crippen molar-refractivity contribution in [2.24, 2.45) is 0 Å². The minimum absolute atomic E-state index is 0.189. The first kappa shape index (κ1) is 15.9. The summed E-state index contributed by atoms with van der Waals surface area (Å²) in [6, 6.07) is 6.82. The lowest BCUT2D eigenvalue weighted by atomic mass is 10.1. The first-order valence-corrected chi connectivity index (χ1v) is 9.19. The highest BCUT2D eigenvalue weighted by Crippen LogP contribution is 2.18. The summed E-state index contributed by atoms with van der Waals surface area (Å²) in [6.07, 6.45) is 5.47. The maximum Gasteiger partial charge on any atom is 0.265 e. The molecular weight excluding hydrogens is 316 g/mol. The van der Waals surface area contributed by atoms with Crippen LogP contribution < -0.4 is 4.72 Å². The number of nitrogens with zero attached hydrogens (tertiary/aromatic N) is 1. The van der Waals surface area contributed by atoms with E-state index < -0.39 is 15.9 Å². The zero-order valence-electron chi connectivity index (χ0n) is 12.6. The Labute approximate surface area is 134 Å². The fourth-order valence-corrected chi connectivity index (χ4v) is 3.97. The molecule has 23 heavy (non-hydrogen) atoms. The number of nitrogens with one attached hydrogen (secondary N) is 1. The van der Waals surface area contributed by atoms with Crippen LogP contribution in [0.4, 0.5) is 0 Å². The van der Waals surface area contributed by atoms with E-state index >= 15 is 0 Å². The van der Waals surface area contributed by atoms with Crippen molar-refractivity contribution < 1.29 is 17.9 Å². The first-order chi connectivity index (χ1) is 11.1. The van der Waals surface area contributed by atoms with Crippen LogP contribution in [0.1, 0.15) is 29.6 Å². The van der Waals surface area contributed by atoms with Crippen LogP contribution in [0.25, 0.3) is 10.8 Å². The van der Waals surface area contributed by atoms with Gasteiger partial charge in [-0.25, -0.2) is 13.1 Å². The molecule has 0 unspecified atom stereocenters. The third-order valence-electron chi connectivity index (χ3n) is 3.85. The molecule has 0 bridgehead atoms. The molecule has 1 aromatic heterocycles. The number of rotatable bonds is 4. The van der Waals surface area contributed by atoms with Crippen molar-refractivity contribution in [3.8, 4) is 0 Å². The predicted octanol–water partition coefficient (Wildman–Crippen LogP) is 1.86. The highest BCUT2D eigenvalue weighted by Gasteiger charge is 2.24. The average Bonchev–Trinajstić information content (AvgIpc) is 2.54. The number of pyridine rings is 1. The topological polar surface area (TPSA) is 85.4 Å². The third kappa shape index (κ3) is 3.86. The molecule has 7 heteroatoms. The second kappa shape index (κ2) is 6.64. The number of benzene rings is 1. The molecule has 0 saturated carbocycles. The molecule has 122 valence electrons. The Morgan fingerprint density at radius 2 is 2.17 bits per heavy atom. The summed E-state index contributed by atoms with van der Waals surface area (Å²) in [7, 11) is -3.74. The van der Waals surface area contributed by atoms with Gasteiger partial charge in [-0.05, 0) is 36.8 Å². The van der Waals surface area contributed by atoms with Crippen molar-refractivity contribution in [1.29, 1.82) is 0 Å². The van der Waals surface area contributed by atoms with Gasteiger partial charge in [0.05, 0.1) is 11.9 Å². The molecule has 6 nitrogen and oxygen atoms in total. The fourth-order valence-electron chi connectivity index (χ4n) is 2.74. The van der Waals surface area contributed by atoms with Crippen LogP contribution in [-0.4, -0.2) is 37.8 Å². The molecule has 0 spiro atoms. The monoisotopic (exact) mass is 334 g/mol. The molecule has 1 aromatic carbocycles. The summed E-state index contributed by atoms with van der Waals surface area (Å²) >= 11 is 0. The van der Waals surface area contributed by atoms with Gasteiger partial charge in [-0.2, -0.15) is 0 Å². The van der Waals surface area contributed by atoms with Crippen molar-refractivity contribution in [2.45, 2.75) is 25.4 Å². The summed E-state index contributed by atoms with van der Waals surface area (Å²) in [5.74, 6) is -0.817. The number of carbonyl (C=O) groups excluding carboxylic acids is 1. The van der Waals surface area contributed by atoms with E-state index in [9.17, 15) is 13.2 Å². The zero-order chi connectivity index (χ0) is 16.3. The van der Waals surface area contributed by atoms with Crippen LogP contribution in [0, 0.1) is 0 Å². The smallest absolute Gasteiger partial charge is 0.265 e. The number of ether oxygens (including phenoxy) is 1. The van der Waals surface area contributed by atoms with Crippen LogP contribution in [0.5, 0.6) is 0 Å². The zero-order valence-corrected chi connectivity index (χ0v) is 13.4. The Morgan fingerprint density at radius 3 is 2.96 bits per heavy atom. The number of aromatic nitrogens is 1. The molecule has 0 radical (unpaired) electrons. The molecule has 1 aliphatic heterocycles. The van der Waals surface area contributed by atoms with Crippen LogP contribution in [0.3, 0.4) is 0 Å². The minimum atomic E-state index is -3.74. The van der Waals surface area contributed by atoms with Crippen molar-refractivity contribution >= 4 is 26.7 Å². The lowest BCUT2D eigenvalue weighted by Gasteiger charge is -2.22. The lowest BCUT2D eigenvalue weighted by molar-refractivity contribution is 0.0304. The van der Waals surface area contributed by atoms with Crippen LogP contribution >= 0.6 is 0 Å².